The van der Waals surface area contributed by atoms with Gasteiger partial charge in [-0.15, -0.1) is 11.6 Å². The van der Waals surface area contributed by atoms with E-state index >= 15 is 0 Å². The van der Waals surface area contributed by atoms with Gasteiger partial charge in [0.1, 0.15) is 25.9 Å². The van der Waals surface area contributed by atoms with Gasteiger partial charge in [0.15, 0.2) is 0 Å². The van der Waals surface area contributed by atoms with Gasteiger partial charge in [0.25, 0.3) is 0 Å². The molecule has 0 aromatic carbocycles. The lowest BCUT2D eigenvalue weighted by Crippen LogP contribution is -2.38. The molecule has 25 heavy (non-hydrogen) atoms. The number of allylic oxidation sites excluding steroid dienone is 1. The molecule has 0 heterocycles. The number of aliphatic hydroxyl groups excluding tert-OH is 1. The summed E-state index contributed by atoms with van der Waals surface area (Å²) in [6.45, 7) is 4.39. The summed E-state index contributed by atoms with van der Waals surface area (Å²) < 4.78 is 14.9. The Morgan fingerprint density at radius 2 is 2.04 bits per heavy atom. The number of rotatable bonds is 9. The van der Waals surface area contributed by atoms with E-state index in [9.17, 15) is 19.5 Å². The number of aliphatic hydroxyl groups is 1. The molecule has 1 N–H and O–H groups in total. The monoisotopic (exact) mass is 374 g/mol. The van der Waals surface area contributed by atoms with Crippen LogP contribution in [0.5, 0.6) is 0 Å². The largest absolute Gasteiger partial charge is 0.461 e. The summed E-state index contributed by atoms with van der Waals surface area (Å²) >= 11 is 5.46. The lowest BCUT2D eigenvalue weighted by molar-refractivity contribution is -0.160. The average molecular weight is 375 g/mol. The first-order valence-electron chi connectivity index (χ1n) is 7.93. The molecule has 0 fully saturated rings. The third kappa shape index (κ3) is 6.17. The fourth-order valence-electron chi connectivity index (χ4n) is 2.37. The molecule has 140 valence electrons. The molecule has 0 aliphatic heterocycles. The van der Waals surface area contributed by atoms with Crippen molar-refractivity contribution in [2.45, 2.75) is 32.3 Å². The molecule has 0 radical (unpaired) electrons. The Bertz CT molecular complexity index is 543. The van der Waals surface area contributed by atoms with Crippen molar-refractivity contribution >= 4 is 29.5 Å². The summed E-state index contributed by atoms with van der Waals surface area (Å²) in [4.78, 5) is 35.6. The molecule has 0 amide bonds. The maximum absolute atomic E-state index is 12.4. The minimum Gasteiger partial charge on any atom is -0.461 e. The lowest BCUT2D eigenvalue weighted by atomic mass is 9.74. The summed E-state index contributed by atoms with van der Waals surface area (Å²) in [5.74, 6) is -1.94. The molecule has 0 aromatic heterocycles. The Morgan fingerprint density at radius 1 is 1.36 bits per heavy atom. The maximum atomic E-state index is 12.4. The number of carbonyl (C=O) groups excluding carboxylic acids is 3. The van der Waals surface area contributed by atoms with Crippen molar-refractivity contribution < 1.29 is 33.7 Å². The van der Waals surface area contributed by atoms with Crippen LogP contribution in [0.15, 0.2) is 24.3 Å². The zero-order valence-electron chi connectivity index (χ0n) is 14.2. The highest BCUT2D eigenvalue weighted by Crippen LogP contribution is 2.39. The van der Waals surface area contributed by atoms with Gasteiger partial charge in [-0.3, -0.25) is 4.79 Å². The molecule has 2 unspecified atom stereocenters. The molecule has 0 bridgehead atoms. The number of alkyl halides is 1. The fraction of sp³-hybridized carbons (Fsp3) is 0.588. The topological polar surface area (TPSA) is 99.1 Å². The minimum absolute atomic E-state index is 0.0605. The summed E-state index contributed by atoms with van der Waals surface area (Å²) in [5.41, 5.74) is -0.947. The van der Waals surface area contributed by atoms with Crippen molar-refractivity contribution in [3.63, 3.8) is 0 Å². The Labute approximate surface area is 151 Å². The van der Waals surface area contributed by atoms with Gasteiger partial charge in [-0.1, -0.05) is 12.7 Å². The van der Waals surface area contributed by atoms with Crippen LogP contribution in [0, 0.1) is 5.41 Å². The molecule has 0 aromatic rings. The van der Waals surface area contributed by atoms with Crippen molar-refractivity contribution in [1.29, 1.82) is 0 Å². The minimum atomic E-state index is -1.15. The molecule has 2 atom stereocenters. The Balaban J connectivity index is 2.66. The quantitative estimate of drug-likeness (QED) is 0.215. The standard InChI is InChI=1S/C17H23ClO7/c1-3-14(20)23-8-9-24-16(22)17(2)7-5-4-6-13(17)15(21)25-11-12(19)10-18/h3,6,12,19H,1,4-5,7-11H2,2H3. The molecule has 8 heteroatoms. The number of halogens is 1. The van der Waals surface area contributed by atoms with Crippen molar-refractivity contribution in [1.82, 2.24) is 0 Å². The molecule has 1 aliphatic carbocycles. The van der Waals surface area contributed by atoms with Gasteiger partial charge in [0.05, 0.1) is 16.9 Å². The summed E-state index contributed by atoms with van der Waals surface area (Å²) in [7, 11) is 0. The predicted octanol–water partition coefficient (Wildman–Crippen LogP) is 1.52. The Kier molecular flexibility index (Phi) is 8.65. The van der Waals surface area contributed by atoms with E-state index in [0.717, 1.165) is 12.5 Å². The number of ether oxygens (including phenoxy) is 3. The third-order valence-corrected chi connectivity index (χ3v) is 4.16. The van der Waals surface area contributed by atoms with Crippen molar-refractivity contribution in [3.05, 3.63) is 24.3 Å². The first kappa shape index (κ1) is 21.2. The second-order valence-electron chi connectivity index (χ2n) is 5.76. The summed E-state index contributed by atoms with van der Waals surface area (Å²) in [6, 6.07) is 0. The van der Waals surface area contributed by atoms with Crippen LogP contribution in [0.2, 0.25) is 0 Å². The zero-order chi connectivity index (χ0) is 18.9. The molecule has 1 aliphatic rings. The van der Waals surface area contributed by atoms with Gasteiger partial charge in [-0.25, -0.2) is 9.59 Å². The lowest BCUT2D eigenvalue weighted by Gasteiger charge is -2.31. The third-order valence-electron chi connectivity index (χ3n) is 3.81. The van der Waals surface area contributed by atoms with E-state index in [0.29, 0.717) is 12.8 Å². The normalized spacial score (nSPS) is 20.8. The van der Waals surface area contributed by atoms with E-state index in [-0.39, 0.29) is 31.3 Å². The van der Waals surface area contributed by atoms with Crippen molar-refractivity contribution in [3.8, 4) is 0 Å². The molecule has 0 spiro atoms. The Morgan fingerprint density at radius 3 is 2.68 bits per heavy atom. The predicted molar refractivity (Wildman–Crippen MR) is 89.8 cm³/mol. The molecular formula is C17H23ClO7. The number of hydrogen-bond acceptors (Lipinski definition) is 7. The van der Waals surface area contributed by atoms with E-state index in [1.54, 1.807) is 13.0 Å². The smallest absolute Gasteiger partial charge is 0.334 e. The van der Waals surface area contributed by atoms with Crippen LogP contribution in [0.3, 0.4) is 0 Å². The summed E-state index contributed by atoms with van der Waals surface area (Å²) in [5, 5.41) is 9.38. The van der Waals surface area contributed by atoms with E-state index in [1.165, 1.54) is 0 Å². The highest BCUT2D eigenvalue weighted by molar-refractivity contribution is 6.18. The fourth-order valence-corrected chi connectivity index (χ4v) is 2.46. The van der Waals surface area contributed by atoms with Crippen LogP contribution in [-0.2, 0) is 28.6 Å². The van der Waals surface area contributed by atoms with Crippen molar-refractivity contribution in [2.75, 3.05) is 25.7 Å². The van der Waals surface area contributed by atoms with Crippen LogP contribution in [0.1, 0.15) is 26.2 Å². The second-order valence-corrected chi connectivity index (χ2v) is 6.06. The van der Waals surface area contributed by atoms with Gasteiger partial charge >= 0.3 is 17.9 Å². The highest BCUT2D eigenvalue weighted by Gasteiger charge is 2.44. The first-order valence-corrected chi connectivity index (χ1v) is 8.46. The van der Waals surface area contributed by atoms with Gasteiger partial charge in [0, 0.05) is 6.08 Å². The van der Waals surface area contributed by atoms with Crippen LogP contribution >= 0.6 is 11.6 Å². The van der Waals surface area contributed by atoms with Crippen LogP contribution in [-0.4, -0.2) is 54.8 Å². The number of carbonyl (C=O) groups is 3. The number of esters is 3. The molecule has 7 nitrogen and oxygen atoms in total. The molecular weight excluding hydrogens is 352 g/mol. The van der Waals surface area contributed by atoms with Crippen molar-refractivity contribution in [2.24, 2.45) is 5.41 Å². The maximum Gasteiger partial charge on any atom is 0.334 e. The van der Waals surface area contributed by atoms with E-state index in [1.807, 2.05) is 0 Å². The van der Waals surface area contributed by atoms with Gasteiger partial charge in [-0.2, -0.15) is 0 Å². The van der Waals surface area contributed by atoms with Gasteiger partial charge in [0.2, 0.25) is 0 Å². The molecule has 0 saturated heterocycles. The van der Waals surface area contributed by atoms with E-state index in [4.69, 9.17) is 25.8 Å². The average Bonchev–Trinajstić information content (AvgIpc) is 2.62. The summed E-state index contributed by atoms with van der Waals surface area (Å²) in [6.07, 6.45) is 3.49. The van der Waals surface area contributed by atoms with Crippen LogP contribution < -0.4 is 0 Å². The molecule has 1 rings (SSSR count). The molecule has 0 saturated carbocycles. The van der Waals surface area contributed by atoms with Gasteiger partial charge in [-0.05, 0) is 26.2 Å². The first-order chi connectivity index (χ1) is 11.8. The highest BCUT2D eigenvalue weighted by atomic mass is 35.5. The Hall–Kier alpha value is -1.86. The van der Waals surface area contributed by atoms with E-state index in [2.05, 4.69) is 6.58 Å². The number of hydrogen-bond donors (Lipinski definition) is 1. The van der Waals surface area contributed by atoms with Crippen LogP contribution in [0.4, 0.5) is 0 Å². The van der Waals surface area contributed by atoms with E-state index < -0.39 is 29.4 Å². The SMILES string of the molecule is C=CC(=O)OCCOC(=O)C1(C)CCCC=C1C(=O)OCC(O)CCl. The zero-order valence-corrected chi connectivity index (χ0v) is 14.9. The van der Waals surface area contributed by atoms with Crippen LogP contribution in [0.25, 0.3) is 0 Å². The second kappa shape index (κ2) is 10.2. The van der Waals surface area contributed by atoms with Gasteiger partial charge < -0.3 is 19.3 Å².